The van der Waals surface area contributed by atoms with E-state index in [0.29, 0.717) is 0 Å². The van der Waals surface area contributed by atoms with E-state index in [9.17, 15) is 0 Å². The first-order valence-corrected chi connectivity index (χ1v) is 6.81. The van der Waals surface area contributed by atoms with Crippen LogP contribution < -0.4 is 0 Å². The van der Waals surface area contributed by atoms with Gasteiger partial charge in [-0.1, -0.05) is 39.5 Å². The molecule has 15 heavy (non-hydrogen) atoms. The number of nitrogens with zero attached hydrogens (tertiary/aromatic N) is 2. The maximum atomic E-state index is 2.61. The molecule has 0 spiro atoms. The third-order valence-corrected chi connectivity index (χ3v) is 3.29. The molecule has 0 N–H and O–H groups in total. The van der Waals surface area contributed by atoms with Gasteiger partial charge in [0.1, 0.15) is 0 Å². The standard InChI is InChI=1S/C13H28N2/c1-3-5-7-9-14-11-12-15(13-14)10-8-6-4-2/h3-13H2,1-2H3. The van der Waals surface area contributed by atoms with Crippen LogP contribution in [-0.2, 0) is 0 Å². The quantitative estimate of drug-likeness (QED) is 0.571. The van der Waals surface area contributed by atoms with E-state index in [1.165, 1.54) is 71.4 Å². The topological polar surface area (TPSA) is 6.48 Å². The van der Waals surface area contributed by atoms with Gasteiger partial charge in [0.25, 0.3) is 0 Å². The molecule has 0 aromatic rings. The van der Waals surface area contributed by atoms with Crippen LogP contribution in [0.15, 0.2) is 0 Å². The third kappa shape index (κ3) is 5.53. The summed E-state index contributed by atoms with van der Waals surface area (Å²) >= 11 is 0. The summed E-state index contributed by atoms with van der Waals surface area (Å²) in [5, 5.41) is 0. The van der Waals surface area contributed by atoms with Crippen LogP contribution in [0.25, 0.3) is 0 Å². The molecule has 0 bridgehead atoms. The van der Waals surface area contributed by atoms with Crippen molar-refractivity contribution in [1.82, 2.24) is 9.80 Å². The SMILES string of the molecule is CCCCCN1CCN(CCCCC)C1. The summed E-state index contributed by atoms with van der Waals surface area (Å²) in [6.07, 6.45) is 8.25. The van der Waals surface area contributed by atoms with Crippen LogP contribution in [0.3, 0.4) is 0 Å². The molecule has 0 aromatic heterocycles. The normalized spacial score (nSPS) is 18.8. The Balaban J connectivity index is 1.99. The molecule has 0 radical (unpaired) electrons. The Labute approximate surface area is 95.6 Å². The minimum Gasteiger partial charge on any atom is -0.289 e. The zero-order valence-corrected chi connectivity index (χ0v) is 10.7. The fourth-order valence-corrected chi connectivity index (χ4v) is 2.24. The molecular weight excluding hydrogens is 184 g/mol. The average molecular weight is 212 g/mol. The van der Waals surface area contributed by atoms with Crippen molar-refractivity contribution in [2.75, 3.05) is 32.8 Å². The second-order valence-electron chi connectivity index (χ2n) is 4.79. The van der Waals surface area contributed by atoms with Crippen molar-refractivity contribution >= 4 is 0 Å². The predicted octanol–water partition coefficient (Wildman–Crippen LogP) is 2.94. The van der Waals surface area contributed by atoms with Crippen LogP contribution in [0, 0.1) is 0 Å². The van der Waals surface area contributed by atoms with Crippen molar-refractivity contribution in [3.63, 3.8) is 0 Å². The number of hydrogen-bond donors (Lipinski definition) is 0. The Bertz CT molecular complexity index is 131. The molecule has 0 aromatic carbocycles. The number of unbranched alkanes of at least 4 members (excludes halogenated alkanes) is 4. The van der Waals surface area contributed by atoms with Gasteiger partial charge in [-0.25, -0.2) is 0 Å². The van der Waals surface area contributed by atoms with Gasteiger partial charge in [0.05, 0.1) is 6.67 Å². The molecule has 1 fully saturated rings. The zero-order chi connectivity index (χ0) is 10.9. The molecule has 0 unspecified atom stereocenters. The largest absolute Gasteiger partial charge is 0.289 e. The van der Waals surface area contributed by atoms with Gasteiger partial charge >= 0.3 is 0 Å². The molecule has 1 rings (SSSR count). The summed E-state index contributed by atoms with van der Waals surface area (Å²) in [5.74, 6) is 0. The van der Waals surface area contributed by atoms with Crippen LogP contribution in [0.2, 0.25) is 0 Å². The van der Waals surface area contributed by atoms with Crippen molar-refractivity contribution in [1.29, 1.82) is 0 Å². The van der Waals surface area contributed by atoms with E-state index in [-0.39, 0.29) is 0 Å². The molecule has 0 amide bonds. The van der Waals surface area contributed by atoms with Crippen LogP contribution in [-0.4, -0.2) is 42.6 Å². The van der Waals surface area contributed by atoms with E-state index in [4.69, 9.17) is 0 Å². The van der Waals surface area contributed by atoms with Crippen LogP contribution in [0.1, 0.15) is 52.4 Å². The lowest BCUT2D eigenvalue weighted by Crippen LogP contribution is -2.27. The summed E-state index contributed by atoms with van der Waals surface area (Å²) in [6.45, 7) is 11.0. The highest BCUT2D eigenvalue weighted by molar-refractivity contribution is 4.70. The van der Waals surface area contributed by atoms with E-state index in [1.807, 2.05) is 0 Å². The lowest BCUT2D eigenvalue weighted by Gasteiger charge is -2.17. The Kier molecular flexibility index (Phi) is 7.03. The van der Waals surface area contributed by atoms with Gasteiger partial charge in [0, 0.05) is 13.1 Å². The van der Waals surface area contributed by atoms with Crippen molar-refractivity contribution in [3.8, 4) is 0 Å². The summed E-state index contributed by atoms with van der Waals surface area (Å²) in [4.78, 5) is 5.23. The number of rotatable bonds is 8. The fourth-order valence-electron chi connectivity index (χ4n) is 2.24. The summed E-state index contributed by atoms with van der Waals surface area (Å²) in [5.41, 5.74) is 0. The van der Waals surface area contributed by atoms with Crippen molar-refractivity contribution in [3.05, 3.63) is 0 Å². The highest BCUT2D eigenvalue weighted by atomic mass is 15.4. The molecule has 2 nitrogen and oxygen atoms in total. The van der Waals surface area contributed by atoms with Crippen LogP contribution >= 0.6 is 0 Å². The highest BCUT2D eigenvalue weighted by Gasteiger charge is 2.17. The summed E-state index contributed by atoms with van der Waals surface area (Å²) in [7, 11) is 0. The second-order valence-corrected chi connectivity index (χ2v) is 4.79. The molecule has 0 aliphatic carbocycles. The van der Waals surface area contributed by atoms with Crippen LogP contribution in [0.5, 0.6) is 0 Å². The summed E-state index contributed by atoms with van der Waals surface area (Å²) < 4.78 is 0. The Hall–Kier alpha value is -0.0800. The molecular formula is C13H28N2. The van der Waals surface area contributed by atoms with Gasteiger partial charge < -0.3 is 0 Å². The molecule has 1 heterocycles. The second kappa shape index (κ2) is 8.12. The molecule has 2 heteroatoms. The highest BCUT2D eigenvalue weighted by Crippen LogP contribution is 2.08. The van der Waals surface area contributed by atoms with Crippen molar-refractivity contribution in [2.45, 2.75) is 52.4 Å². The van der Waals surface area contributed by atoms with Gasteiger partial charge in [-0.2, -0.15) is 0 Å². The lowest BCUT2D eigenvalue weighted by atomic mass is 10.2. The lowest BCUT2D eigenvalue weighted by molar-refractivity contribution is 0.239. The minimum atomic E-state index is 1.23. The molecule has 1 aliphatic heterocycles. The van der Waals surface area contributed by atoms with Crippen molar-refractivity contribution < 1.29 is 0 Å². The van der Waals surface area contributed by atoms with E-state index >= 15 is 0 Å². The first-order valence-electron chi connectivity index (χ1n) is 6.81. The Morgan fingerprint density at radius 3 is 1.60 bits per heavy atom. The van der Waals surface area contributed by atoms with E-state index in [0.717, 1.165) is 0 Å². The van der Waals surface area contributed by atoms with Crippen LogP contribution in [0.4, 0.5) is 0 Å². The molecule has 0 saturated carbocycles. The van der Waals surface area contributed by atoms with Gasteiger partial charge in [0.2, 0.25) is 0 Å². The molecule has 1 saturated heterocycles. The van der Waals surface area contributed by atoms with Gasteiger partial charge in [-0.15, -0.1) is 0 Å². The Morgan fingerprint density at radius 2 is 1.20 bits per heavy atom. The maximum Gasteiger partial charge on any atom is 0.0507 e. The van der Waals surface area contributed by atoms with Gasteiger partial charge in [-0.3, -0.25) is 9.80 Å². The fraction of sp³-hybridized carbons (Fsp3) is 1.00. The molecule has 0 atom stereocenters. The average Bonchev–Trinajstić information content (AvgIpc) is 2.67. The monoisotopic (exact) mass is 212 g/mol. The Morgan fingerprint density at radius 1 is 0.733 bits per heavy atom. The number of hydrogen-bond acceptors (Lipinski definition) is 2. The first kappa shape index (κ1) is 13.0. The predicted molar refractivity (Wildman–Crippen MR) is 67.1 cm³/mol. The third-order valence-electron chi connectivity index (χ3n) is 3.29. The minimum absolute atomic E-state index is 1.23. The van der Waals surface area contributed by atoms with Crippen molar-refractivity contribution in [2.24, 2.45) is 0 Å². The zero-order valence-electron chi connectivity index (χ0n) is 10.7. The van der Waals surface area contributed by atoms with E-state index < -0.39 is 0 Å². The molecule has 90 valence electrons. The van der Waals surface area contributed by atoms with Gasteiger partial charge in [-0.05, 0) is 25.9 Å². The van der Waals surface area contributed by atoms with E-state index in [1.54, 1.807) is 0 Å². The smallest absolute Gasteiger partial charge is 0.0507 e. The summed E-state index contributed by atoms with van der Waals surface area (Å²) in [6, 6.07) is 0. The van der Waals surface area contributed by atoms with E-state index in [2.05, 4.69) is 23.6 Å². The first-order chi connectivity index (χ1) is 7.36. The maximum absolute atomic E-state index is 2.61. The van der Waals surface area contributed by atoms with Gasteiger partial charge in [0.15, 0.2) is 0 Å². The molecule has 1 aliphatic rings.